The molecular formula is C9H9N5. The molecule has 70 valence electrons. The maximum Gasteiger partial charge on any atom is 0.140 e. The van der Waals surface area contributed by atoms with E-state index in [4.69, 9.17) is 11.0 Å². The average Bonchev–Trinajstić information content (AvgIpc) is 2.76. The molecule has 0 spiro atoms. The van der Waals surface area contributed by atoms with Crippen LogP contribution in [0.25, 0.3) is 11.4 Å². The Morgan fingerprint density at radius 2 is 2.43 bits per heavy atom. The normalized spacial score (nSPS) is 10.0. The topological polar surface area (TPSA) is 83.4 Å². The molecule has 0 aliphatic carbocycles. The predicted octanol–water partition coefficient (Wildman–Crippen LogP) is 0.869. The molecule has 0 saturated carbocycles. The number of hydrogen-bond donors (Lipinski definition) is 2. The number of aromatic nitrogens is 3. The third kappa shape index (κ3) is 1.05. The molecule has 0 bridgehead atoms. The second kappa shape index (κ2) is 2.92. The molecular weight excluding hydrogens is 178 g/mol. The van der Waals surface area contributed by atoms with E-state index >= 15 is 0 Å². The van der Waals surface area contributed by atoms with Gasteiger partial charge in [0.1, 0.15) is 23.1 Å². The highest BCUT2D eigenvalue weighted by Crippen LogP contribution is 2.23. The number of rotatable bonds is 1. The van der Waals surface area contributed by atoms with Crippen LogP contribution in [0, 0.1) is 11.3 Å². The number of nitrogens with one attached hydrogen (secondary N) is 1. The van der Waals surface area contributed by atoms with E-state index in [2.05, 4.69) is 10.1 Å². The maximum atomic E-state index is 8.91. The van der Waals surface area contributed by atoms with Crippen molar-refractivity contribution in [1.82, 2.24) is 14.8 Å². The molecule has 0 aromatic carbocycles. The summed E-state index contributed by atoms with van der Waals surface area (Å²) in [6.07, 6.45) is 1.78. The number of nitrogen functional groups attached to an aromatic ring is 1. The minimum Gasteiger partial charge on any atom is -0.383 e. The lowest BCUT2D eigenvalue weighted by Gasteiger charge is -1.90. The van der Waals surface area contributed by atoms with E-state index < -0.39 is 0 Å². The first-order valence-corrected chi connectivity index (χ1v) is 4.10. The lowest BCUT2D eigenvalue weighted by Crippen LogP contribution is -1.97. The number of nitrogens with two attached hydrogens (primary N) is 1. The van der Waals surface area contributed by atoms with Crippen molar-refractivity contribution in [1.29, 1.82) is 5.26 Å². The fourth-order valence-corrected chi connectivity index (χ4v) is 1.31. The number of H-pyrrole nitrogens is 1. The van der Waals surface area contributed by atoms with Gasteiger partial charge >= 0.3 is 0 Å². The highest BCUT2D eigenvalue weighted by atomic mass is 15.3. The third-order valence-corrected chi connectivity index (χ3v) is 2.06. The zero-order valence-electron chi connectivity index (χ0n) is 7.65. The van der Waals surface area contributed by atoms with Crippen LogP contribution in [0.1, 0.15) is 5.56 Å². The van der Waals surface area contributed by atoms with Gasteiger partial charge in [0, 0.05) is 13.2 Å². The van der Waals surface area contributed by atoms with Gasteiger partial charge in [-0.25, -0.2) is 0 Å². The van der Waals surface area contributed by atoms with Gasteiger partial charge in [-0.3, -0.25) is 4.68 Å². The molecule has 0 aliphatic rings. The number of aryl methyl sites for hydroxylation is 1. The first kappa shape index (κ1) is 8.38. The van der Waals surface area contributed by atoms with Crippen LogP contribution in [0.2, 0.25) is 0 Å². The van der Waals surface area contributed by atoms with Gasteiger partial charge in [0.25, 0.3) is 0 Å². The number of anilines is 1. The van der Waals surface area contributed by atoms with Gasteiger partial charge in [-0.05, 0) is 12.1 Å². The Morgan fingerprint density at radius 3 is 3.00 bits per heavy atom. The first-order chi connectivity index (χ1) is 6.74. The summed E-state index contributed by atoms with van der Waals surface area (Å²) in [6, 6.07) is 5.74. The fraction of sp³-hybridized carbons (Fsp3) is 0.111. The predicted molar refractivity (Wildman–Crippen MR) is 52.1 cm³/mol. The molecule has 2 aromatic rings. The van der Waals surface area contributed by atoms with Crippen molar-refractivity contribution in [2.45, 2.75) is 0 Å². The maximum absolute atomic E-state index is 8.91. The second-order valence-electron chi connectivity index (χ2n) is 2.93. The van der Waals surface area contributed by atoms with Crippen molar-refractivity contribution < 1.29 is 0 Å². The largest absolute Gasteiger partial charge is 0.383 e. The van der Waals surface area contributed by atoms with Crippen LogP contribution >= 0.6 is 0 Å². The van der Waals surface area contributed by atoms with Crippen molar-refractivity contribution in [2.24, 2.45) is 7.05 Å². The molecule has 0 aliphatic heterocycles. The van der Waals surface area contributed by atoms with E-state index in [1.54, 1.807) is 13.2 Å². The smallest absolute Gasteiger partial charge is 0.140 e. The summed E-state index contributed by atoms with van der Waals surface area (Å²) in [5, 5.41) is 13.1. The average molecular weight is 187 g/mol. The summed E-state index contributed by atoms with van der Waals surface area (Å²) >= 11 is 0. The van der Waals surface area contributed by atoms with Crippen LogP contribution in [0.4, 0.5) is 5.82 Å². The van der Waals surface area contributed by atoms with Gasteiger partial charge < -0.3 is 10.7 Å². The molecule has 2 rings (SSSR count). The van der Waals surface area contributed by atoms with E-state index in [0.717, 1.165) is 5.69 Å². The van der Waals surface area contributed by atoms with Gasteiger partial charge in [0.2, 0.25) is 0 Å². The van der Waals surface area contributed by atoms with E-state index in [0.29, 0.717) is 17.1 Å². The number of aromatic amines is 1. The highest BCUT2D eigenvalue weighted by molar-refractivity contribution is 5.70. The monoisotopic (exact) mass is 187 g/mol. The van der Waals surface area contributed by atoms with Crippen LogP contribution in [0.5, 0.6) is 0 Å². The molecule has 3 N–H and O–H groups in total. The molecule has 5 nitrogen and oxygen atoms in total. The summed E-state index contributed by atoms with van der Waals surface area (Å²) < 4.78 is 1.49. The molecule has 0 radical (unpaired) electrons. The molecule has 2 heterocycles. The minimum atomic E-state index is 0.386. The molecule has 5 heteroatoms. The SMILES string of the molecule is Cn1nc(-c2ccc[nH]2)c(C#N)c1N. The van der Waals surface area contributed by atoms with Crippen molar-refractivity contribution >= 4 is 5.82 Å². The molecule has 2 aromatic heterocycles. The van der Waals surface area contributed by atoms with Gasteiger partial charge in [-0.1, -0.05) is 0 Å². The zero-order valence-corrected chi connectivity index (χ0v) is 7.65. The molecule has 0 fully saturated rings. The number of nitrogens with zero attached hydrogens (tertiary/aromatic N) is 3. The van der Waals surface area contributed by atoms with E-state index in [1.165, 1.54) is 4.68 Å². The van der Waals surface area contributed by atoms with Gasteiger partial charge in [0.15, 0.2) is 0 Å². The van der Waals surface area contributed by atoms with Crippen molar-refractivity contribution in [3.05, 3.63) is 23.9 Å². The Morgan fingerprint density at radius 1 is 1.64 bits per heavy atom. The summed E-state index contributed by atoms with van der Waals surface area (Å²) in [7, 11) is 1.71. The molecule has 0 unspecified atom stereocenters. The molecule has 0 saturated heterocycles. The minimum absolute atomic E-state index is 0.386. The summed E-state index contributed by atoms with van der Waals surface area (Å²) in [5.41, 5.74) is 7.49. The van der Waals surface area contributed by atoms with Gasteiger partial charge in [-0.15, -0.1) is 0 Å². The van der Waals surface area contributed by atoms with Gasteiger partial charge in [-0.2, -0.15) is 10.4 Å². The van der Waals surface area contributed by atoms with Crippen LogP contribution in [-0.4, -0.2) is 14.8 Å². The lowest BCUT2D eigenvalue weighted by atomic mass is 10.2. The van der Waals surface area contributed by atoms with E-state index in [-0.39, 0.29) is 0 Å². The van der Waals surface area contributed by atoms with Crippen molar-refractivity contribution in [3.63, 3.8) is 0 Å². The molecule has 0 amide bonds. The summed E-state index contributed by atoms with van der Waals surface area (Å²) in [5.74, 6) is 0.386. The van der Waals surface area contributed by atoms with Gasteiger partial charge in [0.05, 0.1) is 5.69 Å². The molecule has 0 atom stereocenters. The number of nitriles is 1. The highest BCUT2D eigenvalue weighted by Gasteiger charge is 2.15. The standard InChI is InChI=1S/C9H9N5/c1-14-9(11)6(5-10)8(13-14)7-3-2-4-12-7/h2-4,12H,11H2,1H3. The number of hydrogen-bond acceptors (Lipinski definition) is 3. The fourth-order valence-electron chi connectivity index (χ4n) is 1.31. The van der Waals surface area contributed by atoms with E-state index in [9.17, 15) is 0 Å². The Hall–Kier alpha value is -2.22. The Bertz CT molecular complexity index is 486. The van der Waals surface area contributed by atoms with Crippen LogP contribution in [0.15, 0.2) is 18.3 Å². The molecule has 14 heavy (non-hydrogen) atoms. The second-order valence-corrected chi connectivity index (χ2v) is 2.93. The third-order valence-electron chi connectivity index (χ3n) is 2.06. The van der Waals surface area contributed by atoms with Crippen LogP contribution < -0.4 is 5.73 Å². The lowest BCUT2D eigenvalue weighted by molar-refractivity contribution is 0.781. The Kier molecular flexibility index (Phi) is 1.75. The quantitative estimate of drug-likeness (QED) is 0.694. The van der Waals surface area contributed by atoms with Crippen LogP contribution in [0.3, 0.4) is 0 Å². The van der Waals surface area contributed by atoms with Crippen molar-refractivity contribution in [3.8, 4) is 17.5 Å². The summed E-state index contributed by atoms with van der Waals surface area (Å²) in [6.45, 7) is 0. The van der Waals surface area contributed by atoms with Crippen molar-refractivity contribution in [2.75, 3.05) is 5.73 Å². The first-order valence-electron chi connectivity index (χ1n) is 4.10. The Labute approximate surface area is 80.8 Å². The van der Waals surface area contributed by atoms with Crippen LogP contribution in [-0.2, 0) is 7.05 Å². The van der Waals surface area contributed by atoms with E-state index in [1.807, 2.05) is 18.2 Å². The zero-order chi connectivity index (χ0) is 10.1. The Balaban J connectivity index is 2.66. The summed E-state index contributed by atoms with van der Waals surface area (Å²) in [4.78, 5) is 2.99.